The molecule has 2 fully saturated rings. The van der Waals surface area contributed by atoms with Gasteiger partial charge in [0.1, 0.15) is 0 Å². The highest BCUT2D eigenvalue weighted by atomic mass is 32.2. The second-order valence-electron chi connectivity index (χ2n) is 6.65. The van der Waals surface area contributed by atoms with Crippen molar-refractivity contribution < 1.29 is 13.2 Å². The number of pyridine rings is 1. The zero-order chi connectivity index (χ0) is 16.5. The zero-order valence-corrected chi connectivity index (χ0v) is 14.6. The second kappa shape index (κ2) is 6.37. The van der Waals surface area contributed by atoms with Gasteiger partial charge in [0.25, 0.3) is 0 Å². The second-order valence-corrected chi connectivity index (χ2v) is 8.91. The van der Waals surface area contributed by atoms with Crippen LogP contribution in [0.5, 0.6) is 5.88 Å². The van der Waals surface area contributed by atoms with E-state index >= 15 is 0 Å². The summed E-state index contributed by atoms with van der Waals surface area (Å²) in [5.74, 6) is 1.28. The SMILES string of the molecule is CCS(=O)(=O)N1CC2(C[C@H](COc3ccccn3)CCN2C)C1. The summed E-state index contributed by atoms with van der Waals surface area (Å²) in [4.78, 5) is 6.51. The van der Waals surface area contributed by atoms with Crippen molar-refractivity contribution in [2.45, 2.75) is 25.3 Å². The molecule has 0 bridgehead atoms. The Labute approximate surface area is 138 Å². The molecule has 0 radical (unpaired) electrons. The highest BCUT2D eigenvalue weighted by Gasteiger charge is 2.52. The molecule has 23 heavy (non-hydrogen) atoms. The molecular formula is C16H25N3O3S. The number of ether oxygens (including phenoxy) is 1. The molecule has 2 saturated heterocycles. The maximum absolute atomic E-state index is 12.0. The van der Waals surface area contributed by atoms with E-state index in [1.165, 1.54) is 0 Å². The van der Waals surface area contributed by atoms with Crippen molar-refractivity contribution in [3.63, 3.8) is 0 Å². The molecule has 0 amide bonds. The average Bonchev–Trinajstić information content (AvgIpc) is 2.53. The van der Waals surface area contributed by atoms with Crippen LogP contribution in [0.25, 0.3) is 0 Å². The number of likely N-dealkylation sites (tertiary alicyclic amines) is 1. The summed E-state index contributed by atoms with van der Waals surface area (Å²) in [6.45, 7) is 4.55. The lowest BCUT2D eigenvalue weighted by atomic mass is 9.77. The molecule has 2 aliphatic heterocycles. The van der Waals surface area contributed by atoms with E-state index < -0.39 is 10.0 Å². The number of aromatic nitrogens is 1. The molecule has 0 unspecified atom stereocenters. The fourth-order valence-electron chi connectivity index (χ4n) is 3.55. The van der Waals surface area contributed by atoms with E-state index in [1.807, 2.05) is 18.2 Å². The number of piperidine rings is 1. The van der Waals surface area contributed by atoms with E-state index in [0.29, 0.717) is 31.5 Å². The van der Waals surface area contributed by atoms with Crippen LogP contribution >= 0.6 is 0 Å². The normalized spacial score (nSPS) is 25.2. The van der Waals surface area contributed by atoms with E-state index in [9.17, 15) is 8.42 Å². The first-order valence-electron chi connectivity index (χ1n) is 8.18. The average molecular weight is 339 g/mol. The first-order valence-corrected chi connectivity index (χ1v) is 9.79. The quantitative estimate of drug-likeness (QED) is 0.807. The van der Waals surface area contributed by atoms with Crippen LogP contribution in [0.1, 0.15) is 19.8 Å². The van der Waals surface area contributed by atoms with Gasteiger partial charge < -0.3 is 4.74 Å². The van der Waals surface area contributed by atoms with Crippen LogP contribution in [0.15, 0.2) is 24.4 Å². The van der Waals surface area contributed by atoms with Crippen LogP contribution in [-0.2, 0) is 10.0 Å². The van der Waals surface area contributed by atoms with Crippen molar-refractivity contribution in [2.24, 2.45) is 5.92 Å². The standard InChI is InChI=1S/C16H25N3O3S/c1-3-23(20,21)19-12-16(13-19)10-14(7-9-18(16)2)11-22-15-6-4-5-8-17-15/h4-6,8,14H,3,7,9-13H2,1-2H3/t14-/m1/s1. The number of nitrogens with zero attached hydrogens (tertiary/aromatic N) is 3. The largest absolute Gasteiger partial charge is 0.477 e. The molecular weight excluding hydrogens is 314 g/mol. The molecule has 0 N–H and O–H groups in total. The van der Waals surface area contributed by atoms with Gasteiger partial charge in [0.05, 0.1) is 12.4 Å². The lowest BCUT2D eigenvalue weighted by Gasteiger charge is -2.57. The third-order valence-electron chi connectivity index (χ3n) is 5.16. The molecule has 0 aliphatic carbocycles. The number of sulfonamides is 1. The molecule has 1 spiro atoms. The van der Waals surface area contributed by atoms with Crippen LogP contribution in [0.2, 0.25) is 0 Å². The minimum absolute atomic E-state index is 0.0152. The maximum Gasteiger partial charge on any atom is 0.213 e. The van der Waals surface area contributed by atoms with Crippen molar-refractivity contribution >= 4 is 10.0 Å². The molecule has 128 valence electrons. The summed E-state index contributed by atoms with van der Waals surface area (Å²) in [6.07, 6.45) is 3.78. The Bertz CT molecular complexity index is 629. The van der Waals surface area contributed by atoms with Crippen molar-refractivity contribution in [3.8, 4) is 5.88 Å². The Morgan fingerprint density at radius 2 is 2.17 bits per heavy atom. The highest BCUT2D eigenvalue weighted by Crippen LogP contribution is 2.39. The summed E-state index contributed by atoms with van der Waals surface area (Å²) in [5, 5.41) is 0. The summed E-state index contributed by atoms with van der Waals surface area (Å²) in [6, 6.07) is 5.65. The van der Waals surface area contributed by atoms with Gasteiger partial charge in [0.15, 0.2) is 0 Å². The molecule has 6 nitrogen and oxygen atoms in total. The highest BCUT2D eigenvalue weighted by molar-refractivity contribution is 7.89. The van der Waals surface area contributed by atoms with E-state index in [2.05, 4.69) is 16.9 Å². The summed E-state index contributed by atoms with van der Waals surface area (Å²) in [5.41, 5.74) is -0.0152. The lowest BCUT2D eigenvalue weighted by Crippen LogP contribution is -2.72. The third kappa shape index (κ3) is 3.36. The van der Waals surface area contributed by atoms with Gasteiger partial charge >= 0.3 is 0 Å². The molecule has 0 saturated carbocycles. The molecule has 2 aliphatic rings. The van der Waals surface area contributed by atoms with Crippen molar-refractivity contribution in [1.29, 1.82) is 0 Å². The first-order chi connectivity index (χ1) is 11.0. The molecule has 0 aromatic carbocycles. The van der Waals surface area contributed by atoms with E-state index in [0.717, 1.165) is 19.4 Å². The fourth-order valence-corrected chi connectivity index (χ4v) is 4.79. The molecule has 3 heterocycles. The minimum atomic E-state index is -3.07. The van der Waals surface area contributed by atoms with E-state index in [1.54, 1.807) is 17.4 Å². The monoisotopic (exact) mass is 339 g/mol. The Kier molecular flexibility index (Phi) is 4.62. The smallest absolute Gasteiger partial charge is 0.213 e. The number of rotatable bonds is 5. The van der Waals surface area contributed by atoms with E-state index in [-0.39, 0.29) is 11.3 Å². The minimum Gasteiger partial charge on any atom is -0.477 e. The Hall–Kier alpha value is -1.18. The number of hydrogen-bond acceptors (Lipinski definition) is 5. The molecule has 1 aromatic heterocycles. The molecule has 1 atom stereocenters. The van der Waals surface area contributed by atoms with Gasteiger partial charge in [0, 0.05) is 30.9 Å². The van der Waals surface area contributed by atoms with E-state index in [4.69, 9.17) is 4.74 Å². The fraction of sp³-hybridized carbons (Fsp3) is 0.688. The van der Waals surface area contributed by atoms with Crippen LogP contribution in [0.4, 0.5) is 0 Å². The lowest BCUT2D eigenvalue weighted by molar-refractivity contribution is -0.0497. The van der Waals surface area contributed by atoms with Crippen molar-refractivity contribution in [2.75, 3.05) is 39.0 Å². The summed E-state index contributed by atoms with van der Waals surface area (Å²) >= 11 is 0. The Balaban J connectivity index is 1.58. The van der Waals surface area contributed by atoms with Gasteiger partial charge in [-0.25, -0.2) is 13.4 Å². The molecule has 1 aromatic rings. The van der Waals surface area contributed by atoms with Crippen LogP contribution in [0, 0.1) is 5.92 Å². The van der Waals surface area contributed by atoms with Crippen molar-refractivity contribution in [1.82, 2.24) is 14.2 Å². The van der Waals surface area contributed by atoms with Gasteiger partial charge in [-0.1, -0.05) is 6.07 Å². The van der Waals surface area contributed by atoms with Crippen molar-refractivity contribution in [3.05, 3.63) is 24.4 Å². The predicted octanol–water partition coefficient (Wildman–Crippen LogP) is 1.21. The van der Waals surface area contributed by atoms with Gasteiger partial charge in [-0.2, -0.15) is 4.31 Å². The maximum atomic E-state index is 12.0. The Morgan fingerprint density at radius 1 is 1.39 bits per heavy atom. The van der Waals surface area contributed by atoms with Gasteiger partial charge in [-0.15, -0.1) is 0 Å². The summed E-state index contributed by atoms with van der Waals surface area (Å²) in [7, 11) is -0.965. The first kappa shape index (κ1) is 16.7. The van der Waals surface area contributed by atoms with Gasteiger partial charge in [0.2, 0.25) is 15.9 Å². The molecule has 7 heteroatoms. The summed E-state index contributed by atoms with van der Waals surface area (Å²) < 4.78 is 31.4. The predicted molar refractivity (Wildman–Crippen MR) is 88.9 cm³/mol. The third-order valence-corrected chi connectivity index (χ3v) is 6.93. The molecule has 3 rings (SSSR count). The number of hydrogen-bond donors (Lipinski definition) is 0. The Morgan fingerprint density at radius 3 is 2.83 bits per heavy atom. The van der Waals surface area contributed by atoms with Crippen LogP contribution in [-0.4, -0.2) is 67.2 Å². The van der Waals surface area contributed by atoms with Crippen LogP contribution in [0.3, 0.4) is 0 Å². The van der Waals surface area contributed by atoms with Gasteiger partial charge in [-0.3, -0.25) is 4.90 Å². The number of likely N-dealkylation sites (N-methyl/N-ethyl adjacent to an activating group) is 1. The van der Waals surface area contributed by atoms with Crippen LogP contribution < -0.4 is 4.74 Å². The topological polar surface area (TPSA) is 62.7 Å². The van der Waals surface area contributed by atoms with Gasteiger partial charge in [-0.05, 0) is 45.3 Å². The zero-order valence-electron chi connectivity index (χ0n) is 13.8.